The minimum Gasteiger partial charge on any atom is -0.492 e. The fourth-order valence-corrected chi connectivity index (χ4v) is 3.50. The second-order valence-corrected chi connectivity index (χ2v) is 9.10. The molecule has 0 aromatic heterocycles. The third kappa shape index (κ3) is 8.78. The zero-order valence-corrected chi connectivity index (χ0v) is 17.5. The van der Waals surface area contributed by atoms with Gasteiger partial charge in [-0.15, -0.1) is 0 Å². The maximum absolute atomic E-state index is 12.0. The number of benzene rings is 1. The number of urea groups is 1. The molecule has 0 saturated carbocycles. The van der Waals surface area contributed by atoms with Crippen LogP contribution in [0.1, 0.15) is 47.5 Å². The van der Waals surface area contributed by atoms with Gasteiger partial charge >= 0.3 is 6.03 Å². The van der Waals surface area contributed by atoms with E-state index in [-0.39, 0.29) is 17.0 Å². The summed E-state index contributed by atoms with van der Waals surface area (Å²) in [6, 6.07) is 5.34. The van der Waals surface area contributed by atoms with Gasteiger partial charge in [-0.25, -0.2) is 4.79 Å². The van der Waals surface area contributed by atoms with Crippen LogP contribution in [0.4, 0.5) is 4.79 Å². The number of carbonyl (C=O) groups excluding carboxylic acids is 1. The zero-order chi connectivity index (χ0) is 18.4. The molecule has 0 heterocycles. The van der Waals surface area contributed by atoms with Crippen LogP contribution in [0.15, 0.2) is 22.7 Å². The van der Waals surface area contributed by atoms with Crippen LogP contribution in [-0.2, 0) is 0 Å². The van der Waals surface area contributed by atoms with Gasteiger partial charge in [0.2, 0.25) is 0 Å². The lowest BCUT2D eigenvalue weighted by molar-refractivity contribution is 0.209. The van der Waals surface area contributed by atoms with Crippen molar-refractivity contribution >= 4 is 33.6 Å². The Bertz CT molecular complexity index is 556. The summed E-state index contributed by atoms with van der Waals surface area (Å²) in [5.41, 5.74) is -0.0850. The molecule has 6 heteroatoms. The Hall–Kier alpha value is -0.940. The average Bonchev–Trinajstić information content (AvgIpc) is 2.36. The molecule has 1 rings (SSSR count). The molecule has 0 bridgehead atoms. The van der Waals surface area contributed by atoms with E-state index in [1.165, 1.54) is 0 Å². The molecule has 24 heavy (non-hydrogen) atoms. The molecular formula is C18H28BrClN2O2. The van der Waals surface area contributed by atoms with Gasteiger partial charge in [0.1, 0.15) is 5.75 Å². The molecule has 0 aliphatic heterocycles. The Morgan fingerprint density at radius 1 is 1.25 bits per heavy atom. The van der Waals surface area contributed by atoms with E-state index in [0.717, 1.165) is 10.9 Å². The van der Waals surface area contributed by atoms with Crippen LogP contribution in [0.3, 0.4) is 0 Å². The summed E-state index contributed by atoms with van der Waals surface area (Å²) in [4.78, 5) is 12.0. The van der Waals surface area contributed by atoms with Crippen molar-refractivity contribution in [1.82, 2.24) is 10.6 Å². The summed E-state index contributed by atoms with van der Waals surface area (Å²) < 4.78 is 6.53. The standard InChI is InChI=1S/C18H28BrClN2O2/c1-17(2,3)12-18(4,5)22-16(23)21-9-6-10-24-15-8-7-13(19)11-14(15)20/h7-8,11H,6,9-10,12H2,1-5H3,(H2,21,22,23). The van der Waals surface area contributed by atoms with E-state index < -0.39 is 0 Å². The molecule has 0 fully saturated rings. The van der Waals surface area contributed by atoms with Crippen LogP contribution < -0.4 is 15.4 Å². The van der Waals surface area contributed by atoms with E-state index in [1.54, 1.807) is 6.07 Å². The van der Waals surface area contributed by atoms with Gasteiger partial charge < -0.3 is 15.4 Å². The average molecular weight is 420 g/mol. The summed E-state index contributed by atoms with van der Waals surface area (Å²) in [5, 5.41) is 6.45. The third-order valence-electron chi connectivity index (χ3n) is 3.18. The highest BCUT2D eigenvalue weighted by Crippen LogP contribution is 2.28. The molecule has 0 spiro atoms. The lowest BCUT2D eigenvalue weighted by Gasteiger charge is -2.33. The number of ether oxygens (including phenoxy) is 1. The molecule has 2 amide bonds. The number of hydrogen-bond donors (Lipinski definition) is 2. The normalized spacial score (nSPS) is 12.0. The molecule has 1 aromatic rings. The Kier molecular flexibility index (Phi) is 7.87. The largest absolute Gasteiger partial charge is 0.492 e. The quantitative estimate of drug-likeness (QED) is 0.582. The molecule has 0 unspecified atom stereocenters. The highest BCUT2D eigenvalue weighted by Gasteiger charge is 2.26. The molecule has 0 aliphatic rings. The van der Waals surface area contributed by atoms with E-state index in [0.29, 0.717) is 30.3 Å². The Morgan fingerprint density at radius 3 is 2.50 bits per heavy atom. The fraction of sp³-hybridized carbons (Fsp3) is 0.611. The van der Waals surface area contributed by atoms with E-state index in [1.807, 2.05) is 26.0 Å². The van der Waals surface area contributed by atoms with Gasteiger partial charge in [-0.05, 0) is 50.3 Å². The summed E-state index contributed by atoms with van der Waals surface area (Å²) in [6.45, 7) is 11.6. The second-order valence-electron chi connectivity index (χ2n) is 7.78. The van der Waals surface area contributed by atoms with E-state index in [2.05, 4.69) is 47.3 Å². The number of rotatable bonds is 7. The van der Waals surface area contributed by atoms with Crippen molar-refractivity contribution < 1.29 is 9.53 Å². The van der Waals surface area contributed by atoms with Gasteiger partial charge in [0.15, 0.2) is 0 Å². The molecule has 0 radical (unpaired) electrons. The first-order valence-electron chi connectivity index (χ1n) is 8.12. The topological polar surface area (TPSA) is 50.4 Å². The Morgan fingerprint density at radius 2 is 1.92 bits per heavy atom. The van der Waals surface area contributed by atoms with Gasteiger partial charge in [0.05, 0.1) is 11.6 Å². The van der Waals surface area contributed by atoms with Crippen molar-refractivity contribution in [2.75, 3.05) is 13.2 Å². The Balaban J connectivity index is 2.26. The number of hydrogen-bond acceptors (Lipinski definition) is 2. The minimum atomic E-state index is -0.246. The molecule has 0 saturated heterocycles. The maximum Gasteiger partial charge on any atom is 0.315 e. The summed E-state index contributed by atoms with van der Waals surface area (Å²) >= 11 is 9.44. The van der Waals surface area contributed by atoms with Gasteiger partial charge in [0.25, 0.3) is 0 Å². The summed E-state index contributed by atoms with van der Waals surface area (Å²) in [5.74, 6) is 0.649. The lowest BCUT2D eigenvalue weighted by Crippen LogP contribution is -2.50. The molecular weight excluding hydrogens is 392 g/mol. The second kappa shape index (κ2) is 8.95. The van der Waals surface area contributed by atoms with Crippen LogP contribution in [0.2, 0.25) is 5.02 Å². The van der Waals surface area contributed by atoms with Gasteiger partial charge in [-0.3, -0.25) is 0 Å². The molecule has 4 nitrogen and oxygen atoms in total. The number of halogens is 2. The predicted molar refractivity (Wildman–Crippen MR) is 104 cm³/mol. The van der Waals surface area contributed by atoms with Crippen LogP contribution in [0.25, 0.3) is 0 Å². The fourth-order valence-electron chi connectivity index (χ4n) is 2.77. The van der Waals surface area contributed by atoms with Gasteiger partial charge in [-0.1, -0.05) is 48.3 Å². The lowest BCUT2D eigenvalue weighted by atomic mass is 9.82. The SMILES string of the molecule is CC(C)(C)CC(C)(C)NC(=O)NCCCOc1ccc(Br)cc1Cl. The third-order valence-corrected chi connectivity index (χ3v) is 3.97. The van der Waals surface area contributed by atoms with Crippen molar-refractivity contribution in [2.45, 2.75) is 53.0 Å². The van der Waals surface area contributed by atoms with Crippen molar-refractivity contribution in [3.05, 3.63) is 27.7 Å². The molecule has 0 atom stereocenters. The maximum atomic E-state index is 12.0. The molecule has 1 aromatic carbocycles. The van der Waals surface area contributed by atoms with E-state index in [9.17, 15) is 4.79 Å². The van der Waals surface area contributed by atoms with Crippen molar-refractivity contribution in [3.8, 4) is 5.75 Å². The van der Waals surface area contributed by atoms with Gasteiger partial charge in [0, 0.05) is 16.6 Å². The zero-order valence-electron chi connectivity index (χ0n) is 15.1. The number of nitrogens with one attached hydrogen (secondary N) is 2. The smallest absolute Gasteiger partial charge is 0.315 e. The molecule has 2 N–H and O–H groups in total. The Labute approximate surface area is 158 Å². The predicted octanol–water partition coefficient (Wildman–Crippen LogP) is 5.39. The van der Waals surface area contributed by atoms with E-state index in [4.69, 9.17) is 16.3 Å². The van der Waals surface area contributed by atoms with Crippen molar-refractivity contribution in [2.24, 2.45) is 5.41 Å². The van der Waals surface area contributed by atoms with Crippen LogP contribution in [-0.4, -0.2) is 24.7 Å². The first-order chi connectivity index (χ1) is 11.0. The molecule has 136 valence electrons. The van der Waals surface area contributed by atoms with Crippen molar-refractivity contribution in [1.29, 1.82) is 0 Å². The van der Waals surface area contributed by atoms with E-state index >= 15 is 0 Å². The highest BCUT2D eigenvalue weighted by atomic mass is 79.9. The number of carbonyl (C=O) groups is 1. The van der Waals surface area contributed by atoms with Crippen LogP contribution in [0, 0.1) is 5.41 Å². The van der Waals surface area contributed by atoms with Gasteiger partial charge in [-0.2, -0.15) is 0 Å². The monoisotopic (exact) mass is 418 g/mol. The number of amides is 2. The van der Waals surface area contributed by atoms with Crippen molar-refractivity contribution in [3.63, 3.8) is 0 Å². The summed E-state index contributed by atoms with van der Waals surface area (Å²) in [6.07, 6.45) is 1.61. The minimum absolute atomic E-state index is 0.147. The summed E-state index contributed by atoms with van der Waals surface area (Å²) in [7, 11) is 0. The molecule has 0 aliphatic carbocycles. The first kappa shape index (κ1) is 21.1. The highest BCUT2D eigenvalue weighted by molar-refractivity contribution is 9.10. The van der Waals surface area contributed by atoms with Crippen LogP contribution in [0.5, 0.6) is 5.75 Å². The first-order valence-corrected chi connectivity index (χ1v) is 9.29. The van der Waals surface area contributed by atoms with Crippen LogP contribution >= 0.6 is 27.5 Å².